The van der Waals surface area contributed by atoms with Gasteiger partial charge in [0.05, 0.1) is 18.2 Å². The molecular weight excluding hydrogens is 174 g/mol. The van der Waals surface area contributed by atoms with Crippen LogP contribution in [0.25, 0.3) is 0 Å². The van der Waals surface area contributed by atoms with Gasteiger partial charge >= 0.3 is 0 Å². The molecule has 0 unspecified atom stereocenters. The van der Waals surface area contributed by atoms with Crippen LogP contribution in [0.5, 0.6) is 0 Å². The first-order valence-electron chi connectivity index (χ1n) is 5.20. The minimum atomic E-state index is 0.468. The lowest BCUT2D eigenvalue weighted by molar-refractivity contribution is 0.625. The topological polar surface area (TPSA) is 41.6 Å². The molecule has 3 heteroatoms. The summed E-state index contributed by atoms with van der Waals surface area (Å²) in [7, 11) is 2.02. The number of imidazole rings is 1. The maximum atomic E-state index is 8.63. The molecule has 0 amide bonds. The van der Waals surface area contributed by atoms with E-state index in [9.17, 15) is 0 Å². The average Bonchev–Trinajstić information content (AvgIpc) is 2.77. The van der Waals surface area contributed by atoms with Crippen LogP contribution in [0.3, 0.4) is 0 Å². The van der Waals surface area contributed by atoms with Crippen molar-refractivity contribution in [1.82, 2.24) is 9.55 Å². The van der Waals surface area contributed by atoms with Crippen molar-refractivity contribution in [2.45, 2.75) is 38.0 Å². The number of hydrogen-bond acceptors (Lipinski definition) is 2. The van der Waals surface area contributed by atoms with Crippen molar-refractivity contribution in [3.05, 3.63) is 17.7 Å². The fourth-order valence-electron chi connectivity index (χ4n) is 2.27. The summed E-state index contributed by atoms with van der Waals surface area (Å²) in [5.41, 5.74) is 1.04. The highest BCUT2D eigenvalue weighted by Crippen LogP contribution is 2.33. The Morgan fingerprint density at radius 3 is 2.93 bits per heavy atom. The van der Waals surface area contributed by atoms with Crippen molar-refractivity contribution in [1.29, 1.82) is 5.26 Å². The van der Waals surface area contributed by atoms with E-state index in [0.717, 1.165) is 5.69 Å². The van der Waals surface area contributed by atoms with Gasteiger partial charge in [-0.15, -0.1) is 0 Å². The molecule has 74 valence electrons. The summed E-state index contributed by atoms with van der Waals surface area (Å²) in [6.45, 7) is 0. The predicted octanol–water partition coefficient (Wildman–Crippen LogP) is 2.14. The van der Waals surface area contributed by atoms with Gasteiger partial charge in [-0.05, 0) is 12.8 Å². The zero-order chi connectivity index (χ0) is 9.97. The Kier molecular flexibility index (Phi) is 2.53. The van der Waals surface area contributed by atoms with Crippen molar-refractivity contribution >= 4 is 0 Å². The molecule has 1 fully saturated rings. The quantitative estimate of drug-likeness (QED) is 0.715. The largest absolute Gasteiger partial charge is 0.334 e. The molecular formula is C11H15N3. The highest BCUT2D eigenvalue weighted by atomic mass is 15.1. The summed E-state index contributed by atoms with van der Waals surface area (Å²) < 4.78 is 2.10. The Labute approximate surface area is 84.4 Å². The van der Waals surface area contributed by atoms with E-state index in [1.807, 2.05) is 13.2 Å². The van der Waals surface area contributed by atoms with Crippen LogP contribution in [-0.4, -0.2) is 9.55 Å². The molecule has 0 aliphatic heterocycles. The van der Waals surface area contributed by atoms with E-state index in [0.29, 0.717) is 12.3 Å². The Balaban J connectivity index is 2.22. The van der Waals surface area contributed by atoms with Crippen molar-refractivity contribution in [3.63, 3.8) is 0 Å². The van der Waals surface area contributed by atoms with Gasteiger partial charge in [0.25, 0.3) is 0 Å². The molecule has 1 saturated carbocycles. The van der Waals surface area contributed by atoms with Crippen LogP contribution < -0.4 is 0 Å². The molecule has 3 nitrogen and oxygen atoms in total. The number of nitriles is 1. The second-order valence-electron chi connectivity index (χ2n) is 3.98. The molecule has 14 heavy (non-hydrogen) atoms. The predicted molar refractivity (Wildman–Crippen MR) is 53.7 cm³/mol. The fourth-order valence-corrected chi connectivity index (χ4v) is 2.27. The summed E-state index contributed by atoms with van der Waals surface area (Å²) in [5, 5.41) is 8.63. The minimum Gasteiger partial charge on any atom is -0.334 e. The zero-order valence-corrected chi connectivity index (χ0v) is 8.53. The highest BCUT2D eigenvalue weighted by Gasteiger charge is 2.21. The van der Waals surface area contributed by atoms with Crippen LogP contribution in [0.4, 0.5) is 0 Å². The van der Waals surface area contributed by atoms with Gasteiger partial charge in [0.1, 0.15) is 5.82 Å². The van der Waals surface area contributed by atoms with Crippen molar-refractivity contribution in [3.8, 4) is 6.07 Å². The first-order valence-corrected chi connectivity index (χ1v) is 5.20. The van der Waals surface area contributed by atoms with Gasteiger partial charge in [-0.1, -0.05) is 12.8 Å². The SMILES string of the molecule is Cn1c(CC#N)cnc1C1CCCC1. The molecule has 0 radical (unpaired) electrons. The minimum absolute atomic E-state index is 0.468. The fraction of sp³-hybridized carbons (Fsp3) is 0.636. The molecule has 0 saturated heterocycles. The van der Waals surface area contributed by atoms with Crippen molar-refractivity contribution in [2.24, 2.45) is 7.05 Å². The van der Waals surface area contributed by atoms with Gasteiger partial charge in [-0.25, -0.2) is 4.98 Å². The Bertz CT molecular complexity index is 353. The third-order valence-electron chi connectivity index (χ3n) is 3.10. The monoisotopic (exact) mass is 189 g/mol. The number of nitrogens with zero attached hydrogens (tertiary/aromatic N) is 3. The Hall–Kier alpha value is -1.30. The summed E-state index contributed by atoms with van der Waals surface area (Å²) in [6.07, 6.45) is 7.48. The van der Waals surface area contributed by atoms with E-state index < -0.39 is 0 Å². The lowest BCUT2D eigenvalue weighted by Gasteiger charge is -2.09. The second kappa shape index (κ2) is 3.83. The van der Waals surface area contributed by atoms with E-state index in [4.69, 9.17) is 5.26 Å². The number of rotatable bonds is 2. The van der Waals surface area contributed by atoms with Gasteiger partial charge in [-0.3, -0.25) is 0 Å². The summed E-state index contributed by atoms with van der Waals surface area (Å²) in [6, 6.07) is 2.17. The molecule has 0 atom stereocenters. The maximum absolute atomic E-state index is 8.63. The van der Waals surface area contributed by atoms with Gasteiger partial charge in [0, 0.05) is 19.2 Å². The van der Waals surface area contributed by atoms with Crippen LogP contribution in [0.2, 0.25) is 0 Å². The smallest absolute Gasteiger partial charge is 0.111 e. The van der Waals surface area contributed by atoms with E-state index in [2.05, 4.69) is 15.6 Å². The summed E-state index contributed by atoms with van der Waals surface area (Å²) >= 11 is 0. The van der Waals surface area contributed by atoms with Gasteiger partial charge < -0.3 is 4.57 Å². The molecule has 1 heterocycles. The maximum Gasteiger partial charge on any atom is 0.111 e. The number of hydrogen-bond donors (Lipinski definition) is 0. The molecule has 0 spiro atoms. The third-order valence-corrected chi connectivity index (χ3v) is 3.10. The molecule has 0 N–H and O–H groups in total. The summed E-state index contributed by atoms with van der Waals surface area (Å²) in [4.78, 5) is 4.43. The molecule has 2 rings (SSSR count). The van der Waals surface area contributed by atoms with Crippen LogP contribution >= 0.6 is 0 Å². The van der Waals surface area contributed by atoms with Gasteiger partial charge in [-0.2, -0.15) is 5.26 Å². The van der Waals surface area contributed by atoms with E-state index in [1.54, 1.807) is 0 Å². The standard InChI is InChI=1S/C11H15N3/c1-14-10(6-7-12)8-13-11(14)9-4-2-3-5-9/h8-9H,2-6H2,1H3. The average molecular weight is 189 g/mol. The summed E-state index contributed by atoms with van der Waals surface area (Å²) in [5.74, 6) is 1.81. The lowest BCUT2D eigenvalue weighted by atomic mass is 10.1. The van der Waals surface area contributed by atoms with Crippen LogP contribution in [-0.2, 0) is 13.5 Å². The zero-order valence-electron chi connectivity index (χ0n) is 8.53. The molecule has 1 aliphatic carbocycles. The first-order chi connectivity index (χ1) is 6.83. The molecule has 1 aliphatic rings. The molecule has 1 aromatic rings. The van der Waals surface area contributed by atoms with Gasteiger partial charge in [0.15, 0.2) is 0 Å². The highest BCUT2D eigenvalue weighted by molar-refractivity contribution is 5.12. The number of aromatic nitrogens is 2. The van der Waals surface area contributed by atoms with E-state index >= 15 is 0 Å². The van der Waals surface area contributed by atoms with E-state index in [1.165, 1.54) is 31.5 Å². The Morgan fingerprint density at radius 2 is 2.29 bits per heavy atom. The Morgan fingerprint density at radius 1 is 1.57 bits per heavy atom. The van der Waals surface area contributed by atoms with Crippen LogP contribution in [0.1, 0.15) is 43.1 Å². The van der Waals surface area contributed by atoms with E-state index in [-0.39, 0.29) is 0 Å². The van der Waals surface area contributed by atoms with Crippen LogP contribution in [0.15, 0.2) is 6.20 Å². The molecule has 0 aromatic carbocycles. The normalized spacial score (nSPS) is 17.1. The first kappa shape index (κ1) is 9.26. The molecule has 0 bridgehead atoms. The molecule has 1 aromatic heterocycles. The third kappa shape index (κ3) is 1.52. The van der Waals surface area contributed by atoms with Crippen molar-refractivity contribution < 1.29 is 0 Å². The second-order valence-corrected chi connectivity index (χ2v) is 3.98. The van der Waals surface area contributed by atoms with Crippen LogP contribution in [0, 0.1) is 11.3 Å². The van der Waals surface area contributed by atoms with Crippen molar-refractivity contribution in [2.75, 3.05) is 0 Å². The lowest BCUT2D eigenvalue weighted by Crippen LogP contribution is -2.05. The van der Waals surface area contributed by atoms with Gasteiger partial charge in [0.2, 0.25) is 0 Å².